The van der Waals surface area contributed by atoms with E-state index in [1.54, 1.807) is 17.4 Å². The van der Waals surface area contributed by atoms with Gasteiger partial charge in [0, 0.05) is 34.4 Å². The lowest BCUT2D eigenvalue weighted by molar-refractivity contribution is -0.138. The van der Waals surface area contributed by atoms with Crippen molar-refractivity contribution >= 4 is 59.9 Å². The van der Waals surface area contributed by atoms with Crippen LogP contribution in [0.2, 0.25) is 0 Å². The van der Waals surface area contributed by atoms with Crippen molar-refractivity contribution in [3.63, 3.8) is 0 Å². The highest BCUT2D eigenvalue weighted by Crippen LogP contribution is 2.36. The molecule has 5 heterocycles. The first kappa shape index (κ1) is 25.8. The quantitative estimate of drug-likeness (QED) is 0.469. The zero-order valence-electron chi connectivity index (χ0n) is 20.2. The molecule has 0 saturated carbocycles. The Labute approximate surface area is 222 Å². The van der Waals surface area contributed by atoms with Crippen LogP contribution in [0.5, 0.6) is 5.06 Å². The monoisotopic (exact) mass is 562 g/mol. The summed E-state index contributed by atoms with van der Waals surface area (Å²) in [4.78, 5) is 44.6. The number of thiophene rings is 2. The van der Waals surface area contributed by atoms with Gasteiger partial charge in [0.15, 0.2) is 10.8 Å². The van der Waals surface area contributed by atoms with Gasteiger partial charge in [0.05, 0.1) is 12.6 Å². The lowest BCUT2D eigenvalue weighted by Crippen LogP contribution is -2.53. The number of nitrogens with one attached hydrogen (secondary N) is 1. The fourth-order valence-corrected chi connectivity index (χ4v) is 8.46. The first-order chi connectivity index (χ1) is 17.6. The van der Waals surface area contributed by atoms with Gasteiger partial charge in [-0.05, 0) is 42.3 Å². The van der Waals surface area contributed by atoms with E-state index in [0.29, 0.717) is 17.9 Å². The van der Waals surface area contributed by atoms with Gasteiger partial charge in [0.25, 0.3) is 0 Å². The number of fused-ring (bicyclic) bond motifs is 2. The summed E-state index contributed by atoms with van der Waals surface area (Å²) in [5.74, 6) is -0.686. The minimum absolute atomic E-state index is 0.00349. The summed E-state index contributed by atoms with van der Waals surface area (Å²) in [5, 5.41) is 5.06. The molecular formula is C24H26N4O6S3. The van der Waals surface area contributed by atoms with E-state index in [2.05, 4.69) is 10.3 Å². The molecule has 0 radical (unpaired) electrons. The van der Waals surface area contributed by atoms with Gasteiger partial charge in [0.2, 0.25) is 15.9 Å². The molecule has 1 N–H and O–H groups in total. The predicted molar refractivity (Wildman–Crippen MR) is 139 cm³/mol. The average molecular weight is 563 g/mol. The highest BCUT2D eigenvalue weighted by Gasteiger charge is 2.54. The van der Waals surface area contributed by atoms with Crippen LogP contribution >= 0.6 is 22.7 Å². The molecule has 37 heavy (non-hydrogen) atoms. The molecule has 2 fully saturated rings. The summed E-state index contributed by atoms with van der Waals surface area (Å²) < 4.78 is 35.0. The molecule has 0 spiro atoms. The van der Waals surface area contributed by atoms with Crippen molar-refractivity contribution in [1.29, 1.82) is 0 Å². The van der Waals surface area contributed by atoms with Crippen LogP contribution in [0.3, 0.4) is 0 Å². The van der Waals surface area contributed by atoms with Gasteiger partial charge >= 0.3 is 6.09 Å². The molecule has 2 aliphatic rings. The largest absolute Gasteiger partial charge is 0.414 e. The van der Waals surface area contributed by atoms with Gasteiger partial charge in [-0.3, -0.25) is 14.6 Å². The number of ketones is 1. The number of hydrogen-bond acceptors (Lipinski definition) is 9. The second-order valence-electron chi connectivity index (χ2n) is 9.47. The third-order valence-corrected chi connectivity index (χ3v) is 10.3. The van der Waals surface area contributed by atoms with Crippen molar-refractivity contribution in [2.24, 2.45) is 5.92 Å². The molecule has 0 aliphatic carbocycles. The van der Waals surface area contributed by atoms with Crippen LogP contribution in [0, 0.1) is 5.92 Å². The van der Waals surface area contributed by atoms with Crippen LogP contribution in [0.4, 0.5) is 4.79 Å². The Hall–Kier alpha value is -2.87. The van der Waals surface area contributed by atoms with E-state index in [0.717, 1.165) is 9.40 Å². The van der Waals surface area contributed by atoms with Gasteiger partial charge in [-0.25, -0.2) is 13.2 Å². The number of hydrogen-bond donors (Lipinski definition) is 1. The van der Waals surface area contributed by atoms with E-state index in [4.69, 9.17) is 4.74 Å². The lowest BCUT2D eigenvalue weighted by atomic mass is 10.0. The van der Waals surface area contributed by atoms with Crippen LogP contribution in [-0.4, -0.2) is 71.6 Å². The molecule has 3 aromatic rings. The molecule has 2 aliphatic heterocycles. The SMILES string of the molecule is CC(C)CC(NC(=O)Oc1cc2sccc2s1)C(=O)N1CCC2C1C(=O)CN2S(=O)(=O)c1cccnc1. The number of amides is 2. The van der Waals surface area contributed by atoms with Crippen LogP contribution in [0.15, 0.2) is 46.9 Å². The predicted octanol–water partition coefficient (Wildman–Crippen LogP) is 3.10. The van der Waals surface area contributed by atoms with E-state index in [1.807, 2.05) is 25.3 Å². The highest BCUT2D eigenvalue weighted by molar-refractivity contribution is 7.89. The Kier molecular flexibility index (Phi) is 7.05. The van der Waals surface area contributed by atoms with E-state index >= 15 is 0 Å². The molecule has 10 nitrogen and oxygen atoms in total. The second kappa shape index (κ2) is 10.1. The van der Waals surface area contributed by atoms with Crippen molar-refractivity contribution in [2.75, 3.05) is 13.1 Å². The summed E-state index contributed by atoms with van der Waals surface area (Å²) in [6.45, 7) is 3.76. The smallest absolute Gasteiger partial charge is 0.399 e. The van der Waals surface area contributed by atoms with Crippen LogP contribution in [0.1, 0.15) is 26.7 Å². The van der Waals surface area contributed by atoms with E-state index in [1.165, 1.54) is 45.1 Å². The van der Waals surface area contributed by atoms with Gasteiger partial charge in [-0.2, -0.15) is 4.31 Å². The fourth-order valence-electron chi connectivity index (χ4n) is 4.93. The number of rotatable bonds is 7. The molecule has 3 atom stereocenters. The average Bonchev–Trinajstić information content (AvgIpc) is 3.61. The number of sulfonamides is 1. The number of carbonyl (C=O) groups is 3. The number of ether oxygens (including phenoxy) is 1. The van der Waals surface area contributed by atoms with Gasteiger partial charge in [-0.1, -0.05) is 25.2 Å². The standard InChI is InChI=1S/C24H26N4O6S3/c1-14(2)10-16(26-24(31)34-21-11-20-19(36-21)6-9-35-20)23(30)27-8-5-17-22(27)18(29)13-28(17)37(32,33)15-4-3-7-25-12-15/h3-4,6-7,9,11-12,14,16-17,22H,5,8,10,13H2,1-2H3,(H,26,31). The summed E-state index contributed by atoms with van der Waals surface area (Å²) in [7, 11) is -3.95. The maximum Gasteiger partial charge on any atom is 0.414 e. The Morgan fingerprint density at radius 3 is 2.78 bits per heavy atom. The first-order valence-electron chi connectivity index (χ1n) is 11.9. The van der Waals surface area contributed by atoms with Crippen molar-refractivity contribution in [2.45, 2.75) is 49.7 Å². The molecule has 3 aromatic heterocycles. The van der Waals surface area contributed by atoms with E-state index < -0.39 is 40.1 Å². The van der Waals surface area contributed by atoms with Crippen molar-refractivity contribution in [3.8, 4) is 5.06 Å². The Balaban J connectivity index is 1.31. The molecule has 2 amide bonds. The molecular weight excluding hydrogens is 536 g/mol. The maximum absolute atomic E-state index is 13.6. The first-order valence-corrected chi connectivity index (χ1v) is 15.0. The topological polar surface area (TPSA) is 126 Å². The Morgan fingerprint density at radius 1 is 1.27 bits per heavy atom. The van der Waals surface area contributed by atoms with Crippen LogP contribution in [-0.2, 0) is 19.6 Å². The highest BCUT2D eigenvalue weighted by atomic mass is 32.2. The minimum Gasteiger partial charge on any atom is -0.399 e. The summed E-state index contributed by atoms with van der Waals surface area (Å²) in [6, 6.07) is 4.22. The molecule has 5 rings (SSSR count). The normalized spacial score (nSPS) is 20.9. The number of nitrogens with zero attached hydrogens (tertiary/aromatic N) is 3. The van der Waals surface area contributed by atoms with E-state index in [9.17, 15) is 22.8 Å². The van der Waals surface area contributed by atoms with Gasteiger partial charge < -0.3 is 15.0 Å². The summed E-state index contributed by atoms with van der Waals surface area (Å²) in [6.07, 6.45) is 2.64. The number of aromatic nitrogens is 1. The Bertz CT molecular complexity index is 1410. The van der Waals surface area contributed by atoms with E-state index in [-0.39, 0.29) is 29.7 Å². The van der Waals surface area contributed by atoms with Crippen LogP contribution in [0.25, 0.3) is 9.40 Å². The molecule has 3 unspecified atom stereocenters. The Morgan fingerprint density at radius 2 is 2.08 bits per heavy atom. The third-order valence-electron chi connectivity index (χ3n) is 6.51. The van der Waals surface area contributed by atoms with Crippen molar-refractivity contribution in [3.05, 3.63) is 42.0 Å². The number of likely N-dealkylation sites (tertiary alicyclic amines) is 1. The zero-order chi connectivity index (χ0) is 26.3. The summed E-state index contributed by atoms with van der Waals surface area (Å²) in [5.41, 5.74) is 0. The van der Waals surface area contributed by atoms with Crippen molar-refractivity contribution in [1.82, 2.24) is 19.5 Å². The van der Waals surface area contributed by atoms with Crippen molar-refractivity contribution < 1.29 is 27.5 Å². The molecule has 2 saturated heterocycles. The third kappa shape index (κ3) is 5.00. The molecule has 0 bridgehead atoms. The maximum atomic E-state index is 13.6. The number of Topliss-reactive ketones (excluding diaryl/α,β-unsaturated/α-hetero) is 1. The summed E-state index contributed by atoms with van der Waals surface area (Å²) >= 11 is 2.89. The number of carbonyl (C=O) groups excluding carboxylic acids is 3. The lowest BCUT2D eigenvalue weighted by Gasteiger charge is -2.28. The fraction of sp³-hybridized carbons (Fsp3) is 0.417. The zero-order valence-corrected chi connectivity index (χ0v) is 22.6. The minimum atomic E-state index is -3.95. The van der Waals surface area contributed by atoms with Crippen LogP contribution < -0.4 is 10.1 Å². The number of pyridine rings is 1. The van der Waals surface area contributed by atoms with Gasteiger partial charge in [0.1, 0.15) is 17.0 Å². The molecule has 0 aromatic carbocycles. The molecule has 13 heteroatoms. The molecule has 196 valence electrons. The second-order valence-corrected chi connectivity index (χ2v) is 13.4. The van der Waals surface area contributed by atoms with Gasteiger partial charge in [-0.15, -0.1) is 11.3 Å².